The van der Waals surface area contributed by atoms with Crippen molar-refractivity contribution in [3.63, 3.8) is 0 Å². The Labute approximate surface area is 209 Å². The summed E-state index contributed by atoms with van der Waals surface area (Å²) in [7, 11) is 0. The predicted molar refractivity (Wildman–Crippen MR) is 133 cm³/mol. The van der Waals surface area contributed by atoms with Crippen LogP contribution in [0, 0.1) is 29.6 Å². The highest BCUT2D eigenvalue weighted by Gasteiger charge is 2.41. The van der Waals surface area contributed by atoms with Gasteiger partial charge >= 0.3 is 6.09 Å². The lowest BCUT2D eigenvalue weighted by Gasteiger charge is -2.41. The summed E-state index contributed by atoms with van der Waals surface area (Å²) in [4.78, 5) is 39.7. The van der Waals surface area contributed by atoms with Crippen molar-refractivity contribution < 1.29 is 19.1 Å². The van der Waals surface area contributed by atoms with Gasteiger partial charge in [0.15, 0.2) is 0 Å². The number of piperidine rings is 1. The molecular weight excluding hydrogens is 454 g/mol. The summed E-state index contributed by atoms with van der Waals surface area (Å²) in [5, 5.41) is 6.00. The van der Waals surface area contributed by atoms with Crippen LogP contribution < -0.4 is 10.6 Å². The summed E-state index contributed by atoms with van der Waals surface area (Å²) in [5.74, 6) is 0.235. The van der Waals surface area contributed by atoms with Gasteiger partial charge in [-0.05, 0) is 71.1 Å². The van der Waals surface area contributed by atoms with Crippen molar-refractivity contribution in [2.45, 2.75) is 84.2 Å². The van der Waals surface area contributed by atoms with E-state index >= 15 is 0 Å². The molecule has 2 N–H and O–H groups in total. The fraction of sp³-hybridized carbons (Fsp3) is 0.808. The highest BCUT2D eigenvalue weighted by atomic mass is 35.5. The molecule has 0 spiro atoms. The van der Waals surface area contributed by atoms with E-state index in [1.165, 1.54) is 5.57 Å². The summed E-state index contributed by atoms with van der Waals surface area (Å²) in [5.41, 5.74) is 0.768. The molecule has 7 atom stereocenters. The quantitative estimate of drug-likeness (QED) is 0.454. The lowest BCUT2D eigenvalue weighted by Crippen LogP contribution is -2.51. The number of hydrogen-bond donors (Lipinski definition) is 2. The summed E-state index contributed by atoms with van der Waals surface area (Å²) in [6.07, 6.45) is 5.00. The largest absolute Gasteiger partial charge is 0.444 e. The molecule has 2 heterocycles. The molecule has 1 saturated heterocycles. The molecule has 8 heteroatoms. The zero-order valence-corrected chi connectivity index (χ0v) is 22.3. The lowest BCUT2D eigenvalue weighted by molar-refractivity contribution is -0.131. The molecular formula is C26H42ClN3O4. The van der Waals surface area contributed by atoms with E-state index in [9.17, 15) is 14.4 Å². The fourth-order valence-corrected chi connectivity index (χ4v) is 6.11. The Kier molecular flexibility index (Phi) is 8.59. The van der Waals surface area contributed by atoms with Crippen LogP contribution in [0.2, 0.25) is 0 Å². The molecule has 7 unspecified atom stereocenters. The first-order valence-electron chi connectivity index (χ1n) is 12.7. The van der Waals surface area contributed by atoms with Gasteiger partial charge in [-0.3, -0.25) is 9.59 Å². The third-order valence-electron chi connectivity index (χ3n) is 7.63. The third kappa shape index (κ3) is 6.67. The minimum atomic E-state index is -0.514. The van der Waals surface area contributed by atoms with E-state index in [1.54, 1.807) is 4.90 Å². The molecule has 0 aromatic heterocycles. The van der Waals surface area contributed by atoms with Crippen molar-refractivity contribution in [3.05, 3.63) is 11.6 Å². The van der Waals surface area contributed by atoms with Crippen LogP contribution in [0.15, 0.2) is 11.6 Å². The maximum atomic E-state index is 13.2. The normalized spacial score (nSPS) is 34.7. The van der Waals surface area contributed by atoms with Crippen LogP contribution in [0.25, 0.3) is 0 Å². The minimum Gasteiger partial charge on any atom is -0.444 e. The van der Waals surface area contributed by atoms with Crippen molar-refractivity contribution in [1.29, 1.82) is 0 Å². The Morgan fingerprint density at radius 1 is 1.21 bits per heavy atom. The second-order valence-electron chi connectivity index (χ2n) is 11.6. The van der Waals surface area contributed by atoms with Crippen LogP contribution in [0.4, 0.5) is 4.79 Å². The molecule has 1 saturated carbocycles. The summed E-state index contributed by atoms with van der Waals surface area (Å²) >= 11 is 6.64. The first-order chi connectivity index (χ1) is 15.9. The summed E-state index contributed by atoms with van der Waals surface area (Å²) in [6, 6.07) is 0.181. The number of nitrogens with zero attached hydrogens (tertiary/aromatic N) is 1. The number of ether oxygens (including phenoxy) is 1. The standard InChI is InChI=1S/C26H42ClN3O4/c1-15-11-16(2)29-24(32)22(15)14-28-23(31)21-13-19(27)12-20(17(21)3)18-7-9-30(10-8-18)25(33)34-26(4,5)6/h7,15-17,19-22H,8-14H2,1-6H3,(H,28,31)(H,29,32). The Bertz CT molecular complexity index is 808. The van der Waals surface area contributed by atoms with Crippen molar-refractivity contribution in [1.82, 2.24) is 15.5 Å². The molecule has 0 radical (unpaired) electrons. The van der Waals surface area contributed by atoms with E-state index < -0.39 is 5.60 Å². The van der Waals surface area contributed by atoms with Gasteiger partial charge < -0.3 is 20.3 Å². The van der Waals surface area contributed by atoms with E-state index in [-0.39, 0.29) is 58.9 Å². The third-order valence-corrected chi connectivity index (χ3v) is 7.99. The van der Waals surface area contributed by atoms with Crippen LogP contribution in [0.1, 0.15) is 67.2 Å². The molecule has 0 aromatic carbocycles. The number of rotatable bonds is 4. The number of halogens is 1. The first-order valence-corrected chi connectivity index (χ1v) is 13.2. The van der Waals surface area contributed by atoms with Gasteiger partial charge in [-0.15, -0.1) is 11.6 Å². The molecule has 1 aliphatic carbocycles. The van der Waals surface area contributed by atoms with Gasteiger partial charge in [0, 0.05) is 37.0 Å². The number of nitrogens with one attached hydrogen (secondary N) is 2. The summed E-state index contributed by atoms with van der Waals surface area (Å²) < 4.78 is 5.50. The van der Waals surface area contributed by atoms with E-state index in [0.29, 0.717) is 26.1 Å². The average Bonchev–Trinajstić information content (AvgIpc) is 2.73. The second-order valence-corrected chi connectivity index (χ2v) is 12.2. The molecule has 2 fully saturated rings. The van der Waals surface area contributed by atoms with E-state index in [1.807, 2.05) is 27.7 Å². The van der Waals surface area contributed by atoms with Gasteiger partial charge in [0.2, 0.25) is 11.8 Å². The predicted octanol–water partition coefficient (Wildman–Crippen LogP) is 4.10. The van der Waals surface area contributed by atoms with Gasteiger partial charge in [-0.2, -0.15) is 0 Å². The smallest absolute Gasteiger partial charge is 0.410 e. The van der Waals surface area contributed by atoms with Crippen LogP contribution in [-0.4, -0.2) is 59.5 Å². The highest BCUT2D eigenvalue weighted by molar-refractivity contribution is 6.20. The van der Waals surface area contributed by atoms with Gasteiger partial charge in [0.05, 0.1) is 5.92 Å². The molecule has 3 rings (SSSR count). The Morgan fingerprint density at radius 3 is 2.50 bits per heavy atom. The SMILES string of the molecule is CC1CC(C)C(CNC(=O)C2CC(Cl)CC(C3=CCN(C(=O)OC(C)(C)C)CC3)C2C)C(=O)N1. The van der Waals surface area contributed by atoms with Gasteiger partial charge in [0.1, 0.15) is 5.60 Å². The Hall–Kier alpha value is -1.76. The zero-order valence-electron chi connectivity index (χ0n) is 21.5. The van der Waals surface area contributed by atoms with Crippen LogP contribution in [0.3, 0.4) is 0 Å². The van der Waals surface area contributed by atoms with Gasteiger partial charge in [-0.1, -0.05) is 25.5 Å². The van der Waals surface area contributed by atoms with E-state index in [2.05, 4.69) is 30.6 Å². The number of hydrogen-bond acceptors (Lipinski definition) is 4. The monoisotopic (exact) mass is 495 g/mol. The van der Waals surface area contributed by atoms with Gasteiger partial charge in [0.25, 0.3) is 0 Å². The van der Waals surface area contributed by atoms with Gasteiger partial charge in [-0.25, -0.2) is 4.79 Å². The average molecular weight is 496 g/mol. The first kappa shape index (κ1) is 26.8. The fourth-order valence-electron chi connectivity index (χ4n) is 5.73. The molecule has 2 aliphatic heterocycles. The maximum Gasteiger partial charge on any atom is 0.410 e. The van der Waals surface area contributed by atoms with Crippen molar-refractivity contribution in [2.75, 3.05) is 19.6 Å². The molecule has 34 heavy (non-hydrogen) atoms. The highest BCUT2D eigenvalue weighted by Crippen LogP contribution is 2.42. The zero-order chi connectivity index (χ0) is 25.2. The second kappa shape index (κ2) is 10.9. The van der Waals surface area contributed by atoms with Crippen molar-refractivity contribution in [2.24, 2.45) is 29.6 Å². The molecule has 3 amide bonds. The molecule has 0 bridgehead atoms. The molecule has 7 nitrogen and oxygen atoms in total. The van der Waals surface area contributed by atoms with Crippen LogP contribution in [-0.2, 0) is 14.3 Å². The lowest BCUT2D eigenvalue weighted by atomic mass is 9.68. The number of carbonyl (C=O) groups is 3. The van der Waals surface area contributed by atoms with Crippen LogP contribution >= 0.6 is 11.6 Å². The van der Waals surface area contributed by atoms with Crippen molar-refractivity contribution in [3.8, 4) is 0 Å². The topological polar surface area (TPSA) is 87.7 Å². The van der Waals surface area contributed by atoms with E-state index in [4.69, 9.17) is 16.3 Å². The minimum absolute atomic E-state index is 0.00624. The van der Waals surface area contributed by atoms with E-state index in [0.717, 1.165) is 19.3 Å². The Balaban J connectivity index is 1.60. The summed E-state index contributed by atoms with van der Waals surface area (Å²) in [6.45, 7) is 13.3. The number of alkyl halides is 1. The Morgan fingerprint density at radius 2 is 1.91 bits per heavy atom. The molecule has 0 aromatic rings. The van der Waals surface area contributed by atoms with Crippen molar-refractivity contribution >= 4 is 29.5 Å². The number of amides is 3. The molecule has 3 aliphatic rings. The maximum absolute atomic E-state index is 13.2. The van der Waals surface area contributed by atoms with Crippen LogP contribution in [0.5, 0.6) is 0 Å². The number of carbonyl (C=O) groups excluding carboxylic acids is 3. The molecule has 192 valence electrons.